The van der Waals surface area contributed by atoms with E-state index in [0.29, 0.717) is 36.9 Å². The zero-order chi connectivity index (χ0) is 27.8. The summed E-state index contributed by atoms with van der Waals surface area (Å²) in [6, 6.07) is 3.94. The first-order valence-electron chi connectivity index (χ1n) is 11.7. The van der Waals surface area contributed by atoms with Crippen molar-refractivity contribution in [2.24, 2.45) is 17.8 Å². The number of alkyl halides is 2. The molecule has 4 rings (SSSR count). The molecule has 1 aliphatic rings. The molecule has 0 radical (unpaired) electrons. The normalized spacial score (nSPS) is 17.5. The fourth-order valence-electron chi connectivity index (χ4n) is 4.13. The lowest BCUT2D eigenvalue weighted by Gasteiger charge is -2.19. The number of nitrogens with zero attached hydrogens (tertiary/aromatic N) is 7. The predicted molar refractivity (Wildman–Crippen MR) is 141 cm³/mol. The van der Waals surface area contributed by atoms with E-state index < -0.39 is 6.93 Å². The summed E-state index contributed by atoms with van der Waals surface area (Å²) < 4.78 is 32.6. The number of ether oxygens (including phenoxy) is 2. The lowest BCUT2D eigenvalue weighted by molar-refractivity contribution is 0.237. The minimum atomic E-state index is -1.75. The molecular weight excluding hydrogens is 496 g/mol. The summed E-state index contributed by atoms with van der Waals surface area (Å²) in [5, 5.41) is 22.0. The van der Waals surface area contributed by atoms with Crippen molar-refractivity contribution in [2.45, 2.75) is 13.8 Å². The van der Waals surface area contributed by atoms with Crippen molar-refractivity contribution in [3.8, 4) is 23.2 Å². The number of nitrogens with one attached hydrogen (secondary N) is 1. The van der Waals surface area contributed by atoms with E-state index in [0.717, 1.165) is 39.2 Å². The first-order valence-corrected chi connectivity index (χ1v) is 11.7. The van der Waals surface area contributed by atoms with Crippen molar-refractivity contribution in [1.82, 2.24) is 29.9 Å². The maximum absolute atomic E-state index is 9.62. The molecule has 2 bridgehead atoms. The number of fused-ring (bicyclic) bond motifs is 3. The van der Waals surface area contributed by atoms with E-state index >= 15 is 0 Å². The molecule has 0 aromatic carbocycles. The maximum Gasteiger partial charge on any atom is 0.229 e. The Morgan fingerprint density at radius 1 is 1.29 bits per heavy atom. The summed E-state index contributed by atoms with van der Waals surface area (Å²) in [6.07, 6.45) is 3.72. The third-order valence-corrected chi connectivity index (χ3v) is 5.86. The number of aliphatic imine (C=N–C) groups is 1. The van der Waals surface area contributed by atoms with Crippen LogP contribution in [0.3, 0.4) is 0 Å². The van der Waals surface area contributed by atoms with Gasteiger partial charge >= 0.3 is 0 Å². The van der Waals surface area contributed by atoms with Gasteiger partial charge in [-0.15, -0.1) is 0 Å². The molecule has 0 atom stereocenters. The second kappa shape index (κ2) is 12.8. The summed E-state index contributed by atoms with van der Waals surface area (Å²) in [7, 11) is 5.54. The molecule has 13 heteroatoms. The molecule has 0 spiro atoms. The largest absolute Gasteiger partial charge is 0.476 e. The first kappa shape index (κ1) is 28.3. The van der Waals surface area contributed by atoms with Gasteiger partial charge in [0.1, 0.15) is 18.2 Å². The number of rotatable bonds is 2. The topological polar surface area (TPSA) is 143 Å². The highest BCUT2D eigenvalue weighted by Crippen LogP contribution is 2.34. The Morgan fingerprint density at radius 3 is 2.71 bits per heavy atom. The van der Waals surface area contributed by atoms with Crippen molar-refractivity contribution in [1.29, 1.82) is 5.26 Å². The summed E-state index contributed by atoms with van der Waals surface area (Å²) >= 11 is 0. The predicted octanol–water partition coefficient (Wildman–Crippen LogP) is 2.98. The van der Waals surface area contributed by atoms with Crippen LogP contribution in [0.4, 0.5) is 8.78 Å². The quantitative estimate of drug-likeness (QED) is 0.484. The van der Waals surface area contributed by atoms with Crippen molar-refractivity contribution in [2.75, 3.05) is 47.3 Å². The summed E-state index contributed by atoms with van der Waals surface area (Å²) in [5.74, 6) is 0.797. The Hall–Kier alpha value is -4.31. The smallest absolute Gasteiger partial charge is 0.229 e. The molecule has 1 aliphatic heterocycles. The highest BCUT2D eigenvalue weighted by Gasteiger charge is 2.21. The highest BCUT2D eigenvalue weighted by atomic mass is 19.3. The molecule has 0 fully saturated rings. The molecule has 4 heterocycles. The lowest BCUT2D eigenvalue weighted by Crippen LogP contribution is -2.31. The maximum atomic E-state index is 9.62. The average molecular weight is 528 g/mol. The van der Waals surface area contributed by atoms with Crippen molar-refractivity contribution in [3.63, 3.8) is 0 Å². The molecule has 0 saturated heterocycles. The zero-order valence-electron chi connectivity index (χ0n) is 22.0. The van der Waals surface area contributed by atoms with Gasteiger partial charge in [-0.25, -0.2) is 13.5 Å². The van der Waals surface area contributed by atoms with Gasteiger partial charge in [-0.05, 0) is 39.1 Å². The SMILES string of the molecule is CN=C1CN(C)CCOc2c(c(C)nn2C)-c2cc3c([nH]nc3c(C)n2)/C=C/C1=C(/N)OCC#N.FCF. The molecule has 202 valence electrons. The van der Waals surface area contributed by atoms with E-state index in [1.165, 1.54) is 0 Å². The Kier molecular flexibility index (Phi) is 9.50. The minimum absolute atomic E-state index is 0.133. The number of aryl methyl sites for hydroxylation is 3. The van der Waals surface area contributed by atoms with E-state index in [-0.39, 0.29) is 12.5 Å². The number of nitrogens with two attached hydrogens (primary N) is 1. The molecule has 3 aromatic rings. The Balaban J connectivity index is 0.00000127. The number of likely N-dealkylation sites (N-methyl/N-ethyl adjacent to an activating group) is 1. The monoisotopic (exact) mass is 527 g/mol. The van der Waals surface area contributed by atoms with Crippen LogP contribution in [-0.4, -0.2) is 82.9 Å². The van der Waals surface area contributed by atoms with Gasteiger partial charge in [-0.2, -0.15) is 15.5 Å². The molecule has 0 amide bonds. The molecule has 11 nitrogen and oxygen atoms in total. The van der Waals surface area contributed by atoms with Gasteiger partial charge in [0.2, 0.25) is 12.8 Å². The number of nitriles is 1. The molecule has 0 aliphatic carbocycles. The third-order valence-electron chi connectivity index (χ3n) is 5.86. The van der Waals surface area contributed by atoms with Crippen LogP contribution in [0.2, 0.25) is 0 Å². The number of aromatic amines is 1. The third kappa shape index (κ3) is 6.15. The molecule has 3 N–H and O–H groups in total. The van der Waals surface area contributed by atoms with Crippen LogP contribution in [-0.2, 0) is 11.8 Å². The van der Waals surface area contributed by atoms with Crippen LogP contribution in [0, 0.1) is 25.2 Å². The molecule has 0 unspecified atom stereocenters. The highest BCUT2D eigenvalue weighted by molar-refractivity contribution is 6.05. The Morgan fingerprint density at radius 2 is 2.03 bits per heavy atom. The lowest BCUT2D eigenvalue weighted by atomic mass is 10.1. The van der Waals surface area contributed by atoms with Crippen LogP contribution >= 0.6 is 0 Å². The van der Waals surface area contributed by atoms with Crippen LogP contribution in [0.25, 0.3) is 28.2 Å². The standard InChI is InChI=1S/C24H29N9O2.CH2F2/c1-14-21-19-12-17-18(29-30-22(17)15(2)28-19)7-6-16(23(26)34-10-8-25)20(27-3)13-32(4)9-11-35-24(21)33(5)31-14;2-1-3/h6-7,12H,9-11,13,26H2,1-5H3,(H,29,30);1H2/b7-6+,23-16+,27-20?;. The second-order valence-electron chi connectivity index (χ2n) is 8.43. The second-order valence-corrected chi connectivity index (χ2v) is 8.43. The fraction of sp³-hybridized carbons (Fsp3) is 0.400. The molecular formula is C25H31F2N9O2. The van der Waals surface area contributed by atoms with Crippen LogP contribution in [0.5, 0.6) is 5.88 Å². The molecule has 38 heavy (non-hydrogen) atoms. The number of H-pyrrole nitrogens is 1. The van der Waals surface area contributed by atoms with E-state index in [1.54, 1.807) is 11.7 Å². The van der Waals surface area contributed by atoms with Crippen molar-refractivity contribution < 1.29 is 18.3 Å². The van der Waals surface area contributed by atoms with Crippen LogP contribution in [0.15, 0.2) is 28.6 Å². The van der Waals surface area contributed by atoms with E-state index in [2.05, 4.69) is 25.2 Å². The van der Waals surface area contributed by atoms with Gasteiger partial charge in [0.25, 0.3) is 0 Å². The van der Waals surface area contributed by atoms with E-state index in [4.69, 9.17) is 25.5 Å². The van der Waals surface area contributed by atoms with Crippen LogP contribution in [0.1, 0.15) is 17.1 Å². The zero-order valence-corrected chi connectivity index (χ0v) is 22.0. The van der Waals surface area contributed by atoms with Gasteiger partial charge in [-0.3, -0.25) is 20.0 Å². The number of halogens is 2. The summed E-state index contributed by atoms with van der Waals surface area (Å²) in [4.78, 5) is 11.3. The van der Waals surface area contributed by atoms with Gasteiger partial charge in [0.05, 0.1) is 39.6 Å². The molecule has 0 saturated carbocycles. The average Bonchev–Trinajstić information content (AvgIpc) is 3.41. The summed E-state index contributed by atoms with van der Waals surface area (Å²) in [6.45, 7) is 3.54. The summed E-state index contributed by atoms with van der Waals surface area (Å²) in [5.41, 5.74) is 12.3. The number of hydrogen-bond acceptors (Lipinski definition) is 9. The van der Waals surface area contributed by atoms with Crippen molar-refractivity contribution in [3.05, 3.63) is 40.7 Å². The van der Waals surface area contributed by atoms with Gasteiger partial charge in [-0.1, -0.05) is 0 Å². The fourth-order valence-corrected chi connectivity index (χ4v) is 4.13. The molecule has 3 aromatic heterocycles. The first-order chi connectivity index (χ1) is 18.2. The van der Waals surface area contributed by atoms with Gasteiger partial charge in [0.15, 0.2) is 12.5 Å². The Labute approximate surface area is 219 Å². The van der Waals surface area contributed by atoms with E-state index in [9.17, 15) is 8.78 Å². The van der Waals surface area contributed by atoms with Gasteiger partial charge in [0, 0.05) is 32.6 Å². The number of aromatic nitrogens is 5. The van der Waals surface area contributed by atoms with Gasteiger partial charge < -0.3 is 15.2 Å². The number of allylic oxidation sites excluding steroid dienone is 1. The number of pyridine rings is 1. The van der Waals surface area contributed by atoms with E-state index in [1.807, 2.05) is 52.2 Å². The van der Waals surface area contributed by atoms with Crippen molar-refractivity contribution >= 4 is 22.7 Å². The van der Waals surface area contributed by atoms with Crippen LogP contribution < -0.4 is 10.5 Å². The Bertz CT molecular complexity index is 1420. The number of hydrogen-bond donors (Lipinski definition) is 2. The minimum Gasteiger partial charge on any atom is -0.476 e.